The lowest BCUT2D eigenvalue weighted by Gasteiger charge is -2.12. The number of nitrogens with one attached hydrogen (secondary N) is 2. The number of nitrogens with zero attached hydrogens (tertiary/aromatic N) is 1. The second kappa shape index (κ2) is 11.8. The van der Waals surface area contributed by atoms with Gasteiger partial charge in [0.1, 0.15) is 23.1 Å². The molecule has 0 atom stereocenters. The maximum absolute atomic E-state index is 12.4. The molecule has 3 aromatic carbocycles. The van der Waals surface area contributed by atoms with Crippen molar-refractivity contribution in [1.29, 1.82) is 5.26 Å². The van der Waals surface area contributed by atoms with Gasteiger partial charge in [-0.15, -0.1) is 0 Å². The van der Waals surface area contributed by atoms with Crippen LogP contribution >= 0.6 is 0 Å². The SMILES string of the molecule is COc1ccc(NC(=O)COc2ccc(/C=C(\C#N)C(=O)Nc3ccc(O)cc3)cc2OC)cc1. The zero-order chi connectivity index (χ0) is 25.2. The van der Waals surface area contributed by atoms with Gasteiger partial charge in [0.05, 0.1) is 14.2 Å². The Balaban J connectivity index is 1.65. The first-order valence-corrected chi connectivity index (χ1v) is 10.4. The number of nitriles is 1. The van der Waals surface area contributed by atoms with E-state index in [1.54, 1.807) is 49.6 Å². The molecular weight excluding hydrogens is 450 g/mol. The number of anilines is 2. The zero-order valence-corrected chi connectivity index (χ0v) is 19.1. The van der Waals surface area contributed by atoms with Gasteiger partial charge < -0.3 is 30.0 Å². The van der Waals surface area contributed by atoms with E-state index < -0.39 is 5.91 Å². The van der Waals surface area contributed by atoms with Crippen LogP contribution in [0, 0.1) is 11.3 Å². The van der Waals surface area contributed by atoms with Gasteiger partial charge in [0.15, 0.2) is 18.1 Å². The van der Waals surface area contributed by atoms with Gasteiger partial charge in [-0.05, 0) is 72.3 Å². The van der Waals surface area contributed by atoms with Crippen molar-refractivity contribution in [2.45, 2.75) is 0 Å². The van der Waals surface area contributed by atoms with Crippen molar-refractivity contribution in [2.75, 3.05) is 31.5 Å². The Labute approximate surface area is 202 Å². The number of ether oxygens (including phenoxy) is 3. The monoisotopic (exact) mass is 473 g/mol. The molecule has 178 valence electrons. The molecule has 0 bridgehead atoms. The first-order chi connectivity index (χ1) is 16.9. The second-order valence-corrected chi connectivity index (χ2v) is 7.15. The Kier molecular flexibility index (Phi) is 8.29. The fourth-order valence-corrected chi connectivity index (χ4v) is 2.97. The van der Waals surface area contributed by atoms with Gasteiger partial charge in [0.25, 0.3) is 11.8 Å². The molecule has 0 fully saturated rings. The Bertz CT molecular complexity index is 1260. The lowest BCUT2D eigenvalue weighted by atomic mass is 10.1. The Morgan fingerprint density at radius 1 is 0.914 bits per heavy atom. The number of phenols is 1. The fourth-order valence-electron chi connectivity index (χ4n) is 2.97. The third-order valence-electron chi connectivity index (χ3n) is 4.72. The van der Waals surface area contributed by atoms with Crippen LogP contribution < -0.4 is 24.8 Å². The minimum atomic E-state index is -0.604. The molecule has 0 aliphatic heterocycles. The largest absolute Gasteiger partial charge is 0.508 e. The summed E-state index contributed by atoms with van der Waals surface area (Å²) >= 11 is 0. The van der Waals surface area contributed by atoms with Crippen LogP contribution in [-0.2, 0) is 9.59 Å². The van der Waals surface area contributed by atoms with Crippen molar-refractivity contribution in [3.8, 4) is 29.1 Å². The van der Waals surface area contributed by atoms with E-state index in [9.17, 15) is 20.0 Å². The minimum absolute atomic E-state index is 0.0617. The van der Waals surface area contributed by atoms with Gasteiger partial charge in [-0.25, -0.2) is 0 Å². The average Bonchev–Trinajstić information content (AvgIpc) is 2.88. The molecule has 2 amide bonds. The molecule has 3 aromatic rings. The van der Waals surface area contributed by atoms with E-state index in [4.69, 9.17) is 14.2 Å². The Morgan fingerprint density at radius 2 is 1.57 bits per heavy atom. The number of rotatable bonds is 9. The van der Waals surface area contributed by atoms with Crippen molar-refractivity contribution in [1.82, 2.24) is 0 Å². The highest BCUT2D eigenvalue weighted by molar-refractivity contribution is 6.09. The van der Waals surface area contributed by atoms with E-state index in [0.717, 1.165) is 0 Å². The number of benzene rings is 3. The summed E-state index contributed by atoms with van der Waals surface area (Å²) in [6.45, 7) is -0.254. The lowest BCUT2D eigenvalue weighted by Crippen LogP contribution is -2.20. The minimum Gasteiger partial charge on any atom is -0.508 e. The number of methoxy groups -OCH3 is 2. The molecule has 3 rings (SSSR count). The zero-order valence-electron chi connectivity index (χ0n) is 19.1. The van der Waals surface area contributed by atoms with Crippen LogP contribution in [0.1, 0.15) is 5.56 Å². The third-order valence-corrected chi connectivity index (χ3v) is 4.72. The van der Waals surface area contributed by atoms with Crippen LogP contribution in [0.5, 0.6) is 23.0 Å². The third kappa shape index (κ3) is 7.00. The maximum Gasteiger partial charge on any atom is 0.266 e. The van der Waals surface area contributed by atoms with Gasteiger partial charge in [0.2, 0.25) is 0 Å². The van der Waals surface area contributed by atoms with Gasteiger partial charge in [-0.3, -0.25) is 9.59 Å². The number of hydrogen-bond acceptors (Lipinski definition) is 7. The highest BCUT2D eigenvalue weighted by atomic mass is 16.5. The average molecular weight is 473 g/mol. The smallest absolute Gasteiger partial charge is 0.266 e. The molecule has 0 aliphatic rings. The van der Waals surface area contributed by atoms with Gasteiger partial charge in [-0.1, -0.05) is 6.07 Å². The number of carbonyl (C=O) groups is 2. The van der Waals surface area contributed by atoms with Crippen LogP contribution in [0.2, 0.25) is 0 Å². The van der Waals surface area contributed by atoms with E-state index >= 15 is 0 Å². The molecule has 9 nitrogen and oxygen atoms in total. The number of aromatic hydroxyl groups is 1. The molecule has 0 saturated carbocycles. The van der Waals surface area contributed by atoms with E-state index in [2.05, 4.69) is 10.6 Å². The molecule has 0 aliphatic carbocycles. The standard InChI is InChI=1S/C26H23N3O6/c1-33-22-10-6-19(7-11-22)28-25(31)16-35-23-12-3-17(14-24(23)34-2)13-18(15-27)26(32)29-20-4-8-21(30)9-5-20/h3-14,30H,16H2,1-2H3,(H,28,31)(H,29,32)/b18-13+. The summed E-state index contributed by atoms with van der Waals surface area (Å²) in [4.78, 5) is 24.7. The summed E-state index contributed by atoms with van der Waals surface area (Å²) in [5.41, 5.74) is 1.42. The highest BCUT2D eigenvalue weighted by Crippen LogP contribution is 2.29. The van der Waals surface area contributed by atoms with Crippen molar-refractivity contribution in [3.05, 3.63) is 77.9 Å². The lowest BCUT2D eigenvalue weighted by molar-refractivity contribution is -0.118. The van der Waals surface area contributed by atoms with Crippen molar-refractivity contribution in [2.24, 2.45) is 0 Å². The van der Waals surface area contributed by atoms with Crippen molar-refractivity contribution in [3.63, 3.8) is 0 Å². The normalized spacial score (nSPS) is 10.6. The number of carbonyl (C=O) groups excluding carboxylic acids is 2. The van der Waals surface area contributed by atoms with Gasteiger partial charge in [-0.2, -0.15) is 5.26 Å². The summed E-state index contributed by atoms with van der Waals surface area (Å²) in [5, 5.41) is 24.1. The summed E-state index contributed by atoms with van der Waals surface area (Å²) in [5.74, 6) is 0.419. The van der Waals surface area contributed by atoms with Crippen LogP contribution in [0.3, 0.4) is 0 Å². The quantitative estimate of drug-likeness (QED) is 0.244. The number of phenolic OH excluding ortho intramolecular Hbond substituents is 1. The summed E-state index contributed by atoms with van der Waals surface area (Å²) < 4.78 is 16.0. The van der Waals surface area contributed by atoms with Crippen molar-refractivity contribution >= 4 is 29.3 Å². The van der Waals surface area contributed by atoms with E-state index in [-0.39, 0.29) is 23.8 Å². The molecule has 3 N–H and O–H groups in total. The summed E-state index contributed by atoms with van der Waals surface area (Å²) in [6, 6.07) is 19.4. The first-order valence-electron chi connectivity index (χ1n) is 10.4. The molecule has 35 heavy (non-hydrogen) atoms. The molecule has 0 saturated heterocycles. The summed E-state index contributed by atoms with van der Waals surface area (Å²) in [6.07, 6.45) is 1.40. The van der Waals surface area contributed by atoms with Gasteiger partial charge in [0, 0.05) is 11.4 Å². The topological polar surface area (TPSA) is 130 Å². The van der Waals surface area contributed by atoms with E-state index in [1.807, 2.05) is 6.07 Å². The first kappa shape index (κ1) is 24.7. The molecule has 0 radical (unpaired) electrons. The van der Waals surface area contributed by atoms with Crippen LogP contribution in [0.25, 0.3) is 6.08 Å². The number of amides is 2. The molecule has 0 unspecified atom stereocenters. The molecular formula is C26H23N3O6. The highest BCUT2D eigenvalue weighted by Gasteiger charge is 2.12. The number of hydrogen-bond donors (Lipinski definition) is 3. The van der Waals surface area contributed by atoms with Crippen molar-refractivity contribution < 1.29 is 28.9 Å². The molecule has 9 heteroatoms. The molecule has 0 spiro atoms. The fraction of sp³-hybridized carbons (Fsp3) is 0.115. The van der Waals surface area contributed by atoms with Gasteiger partial charge >= 0.3 is 0 Å². The Hall–Kier alpha value is -4.97. The predicted molar refractivity (Wildman–Crippen MR) is 130 cm³/mol. The van der Waals surface area contributed by atoms with Crippen LogP contribution in [-0.4, -0.2) is 37.7 Å². The predicted octanol–water partition coefficient (Wildman–Crippen LogP) is 3.97. The van der Waals surface area contributed by atoms with Crippen LogP contribution in [0.15, 0.2) is 72.3 Å². The molecule has 0 heterocycles. The van der Waals surface area contributed by atoms with Crippen LogP contribution in [0.4, 0.5) is 11.4 Å². The second-order valence-electron chi connectivity index (χ2n) is 7.15. The Morgan fingerprint density at radius 3 is 2.20 bits per heavy atom. The summed E-state index contributed by atoms with van der Waals surface area (Å²) in [7, 11) is 3.00. The molecule has 0 aromatic heterocycles. The maximum atomic E-state index is 12.4. The van der Waals surface area contributed by atoms with E-state index in [1.165, 1.54) is 37.5 Å². The van der Waals surface area contributed by atoms with E-state index in [0.29, 0.717) is 34.2 Å².